The zero-order valence-corrected chi connectivity index (χ0v) is 13.6. The van der Waals surface area contributed by atoms with Crippen LogP contribution in [0.2, 0.25) is 5.02 Å². The fraction of sp³-hybridized carbons (Fsp3) is 0.118. The number of primary amides is 1. The number of phenols is 1. The van der Waals surface area contributed by atoms with Crippen LogP contribution in [0, 0.1) is 6.92 Å². The quantitative estimate of drug-likeness (QED) is 0.678. The largest absolute Gasteiger partial charge is 0.506 e. The average Bonchev–Trinajstić information content (AvgIpc) is 3.10. The third-order valence-electron chi connectivity index (χ3n) is 3.89. The minimum Gasteiger partial charge on any atom is -0.506 e. The minimum atomic E-state index is -0.712. The van der Waals surface area contributed by atoms with Gasteiger partial charge < -0.3 is 10.8 Å². The van der Waals surface area contributed by atoms with Crippen molar-refractivity contribution in [2.24, 2.45) is 5.73 Å². The van der Waals surface area contributed by atoms with Crippen LogP contribution < -0.4 is 5.73 Å². The van der Waals surface area contributed by atoms with E-state index >= 15 is 0 Å². The van der Waals surface area contributed by atoms with Crippen molar-refractivity contribution < 1.29 is 9.90 Å². The molecule has 1 heterocycles. The van der Waals surface area contributed by atoms with Crippen molar-refractivity contribution in [1.29, 1.82) is 0 Å². The van der Waals surface area contributed by atoms with Crippen LogP contribution in [0.4, 0.5) is 0 Å². The van der Waals surface area contributed by atoms with E-state index in [0.717, 1.165) is 22.3 Å². The summed E-state index contributed by atoms with van der Waals surface area (Å²) in [5, 5.41) is 16.7. The van der Waals surface area contributed by atoms with Gasteiger partial charge in [0.1, 0.15) is 12.1 Å². The molecule has 0 radical (unpaired) electrons. The molecule has 0 saturated carbocycles. The van der Waals surface area contributed by atoms with E-state index in [0.29, 0.717) is 12.2 Å². The summed E-state index contributed by atoms with van der Waals surface area (Å²) in [7, 11) is 0. The molecular formula is C17H15ClN4O2. The van der Waals surface area contributed by atoms with Gasteiger partial charge in [0.25, 0.3) is 5.91 Å². The molecule has 0 fully saturated rings. The lowest BCUT2D eigenvalue weighted by molar-refractivity contribution is 0.0997. The van der Waals surface area contributed by atoms with E-state index in [4.69, 9.17) is 17.3 Å². The van der Waals surface area contributed by atoms with Gasteiger partial charge in [-0.15, -0.1) is 0 Å². The molecule has 3 aromatic rings. The van der Waals surface area contributed by atoms with E-state index < -0.39 is 5.91 Å². The molecule has 0 aliphatic rings. The molecule has 6 nitrogen and oxygen atoms in total. The van der Waals surface area contributed by atoms with Gasteiger partial charge in [-0.05, 0) is 36.1 Å². The zero-order valence-electron chi connectivity index (χ0n) is 12.9. The Kier molecular flexibility index (Phi) is 4.22. The maximum Gasteiger partial charge on any atom is 0.252 e. The van der Waals surface area contributed by atoms with Gasteiger partial charge >= 0.3 is 0 Å². The molecule has 2 aromatic carbocycles. The number of aromatic amines is 1. The van der Waals surface area contributed by atoms with Crippen molar-refractivity contribution in [2.45, 2.75) is 13.3 Å². The second-order valence-electron chi connectivity index (χ2n) is 5.44. The Morgan fingerprint density at radius 2 is 2.04 bits per heavy atom. The van der Waals surface area contributed by atoms with Crippen molar-refractivity contribution in [3.8, 4) is 17.1 Å². The van der Waals surface area contributed by atoms with E-state index in [9.17, 15) is 9.90 Å². The topological polar surface area (TPSA) is 105 Å². The van der Waals surface area contributed by atoms with Crippen molar-refractivity contribution in [3.63, 3.8) is 0 Å². The number of carbonyl (C=O) groups excluding carboxylic acids is 1. The molecular weight excluding hydrogens is 328 g/mol. The van der Waals surface area contributed by atoms with E-state index in [1.165, 1.54) is 6.33 Å². The molecule has 0 unspecified atom stereocenters. The number of nitrogens with zero attached hydrogens (tertiary/aromatic N) is 2. The van der Waals surface area contributed by atoms with Crippen LogP contribution in [0.5, 0.6) is 5.75 Å². The van der Waals surface area contributed by atoms with E-state index in [1.54, 1.807) is 13.0 Å². The molecule has 0 saturated heterocycles. The maximum atomic E-state index is 11.5. The van der Waals surface area contributed by atoms with Gasteiger partial charge in [0.2, 0.25) is 0 Å². The number of carbonyl (C=O) groups is 1. The molecule has 0 aliphatic heterocycles. The Labute approximate surface area is 143 Å². The van der Waals surface area contributed by atoms with Crippen LogP contribution in [0.1, 0.15) is 27.0 Å². The molecule has 1 amide bonds. The van der Waals surface area contributed by atoms with Gasteiger partial charge in [-0.2, -0.15) is 5.10 Å². The number of rotatable bonds is 4. The summed E-state index contributed by atoms with van der Waals surface area (Å²) in [6.45, 7) is 1.80. The Bertz CT molecular complexity index is 890. The van der Waals surface area contributed by atoms with Crippen LogP contribution in [0.15, 0.2) is 36.7 Å². The Morgan fingerprint density at radius 3 is 2.62 bits per heavy atom. The van der Waals surface area contributed by atoms with Crippen LogP contribution in [-0.4, -0.2) is 26.2 Å². The Hall–Kier alpha value is -2.86. The molecule has 1 aromatic heterocycles. The lowest BCUT2D eigenvalue weighted by Gasteiger charge is -2.12. The molecule has 0 atom stereocenters. The fourth-order valence-corrected chi connectivity index (χ4v) is 2.73. The van der Waals surface area contributed by atoms with Gasteiger partial charge in [0.15, 0.2) is 5.82 Å². The maximum absolute atomic E-state index is 11.5. The summed E-state index contributed by atoms with van der Waals surface area (Å²) in [5.41, 5.74) is 8.83. The van der Waals surface area contributed by atoms with Crippen molar-refractivity contribution in [1.82, 2.24) is 15.2 Å². The summed E-state index contributed by atoms with van der Waals surface area (Å²) in [6.07, 6.45) is 2.01. The summed E-state index contributed by atoms with van der Waals surface area (Å²) in [4.78, 5) is 15.6. The first-order valence-corrected chi connectivity index (χ1v) is 7.60. The Morgan fingerprint density at radius 1 is 1.33 bits per heavy atom. The third-order valence-corrected chi connectivity index (χ3v) is 4.36. The molecule has 24 heavy (non-hydrogen) atoms. The fourth-order valence-electron chi connectivity index (χ4n) is 2.50. The van der Waals surface area contributed by atoms with Crippen molar-refractivity contribution in [3.05, 3.63) is 63.9 Å². The number of hydrogen-bond donors (Lipinski definition) is 3. The number of nitrogens with two attached hydrogens (primary N) is 1. The number of amides is 1. The standard InChI is InChI=1S/C17H15ClN4O2/c1-9-12(7-13(16(19)24)15(23)14(9)18)6-10-2-4-11(5-3-10)17-20-8-21-22-17/h2-5,7-8,23H,6H2,1H3,(H2,19,24)(H,20,21,22). The van der Waals surface area contributed by atoms with E-state index in [1.807, 2.05) is 24.3 Å². The van der Waals surface area contributed by atoms with Gasteiger partial charge in [-0.3, -0.25) is 9.89 Å². The highest BCUT2D eigenvalue weighted by Gasteiger charge is 2.17. The molecule has 0 bridgehead atoms. The second-order valence-corrected chi connectivity index (χ2v) is 5.82. The van der Waals surface area contributed by atoms with Gasteiger partial charge in [0, 0.05) is 5.56 Å². The number of nitrogens with one attached hydrogen (secondary N) is 1. The SMILES string of the molecule is Cc1c(Cc2ccc(-c3ncn[nH]3)cc2)cc(C(N)=O)c(O)c1Cl. The highest BCUT2D eigenvalue weighted by Crippen LogP contribution is 2.34. The minimum absolute atomic E-state index is 0.0267. The molecule has 122 valence electrons. The second kappa shape index (κ2) is 6.33. The van der Waals surface area contributed by atoms with Gasteiger partial charge in [0.05, 0.1) is 10.6 Å². The molecule has 0 aliphatic carbocycles. The number of halogens is 1. The van der Waals surface area contributed by atoms with Gasteiger partial charge in [-0.1, -0.05) is 35.9 Å². The number of benzene rings is 2. The average molecular weight is 343 g/mol. The smallest absolute Gasteiger partial charge is 0.252 e. The number of hydrogen-bond acceptors (Lipinski definition) is 4. The van der Waals surface area contributed by atoms with E-state index in [-0.39, 0.29) is 16.3 Å². The first-order chi connectivity index (χ1) is 11.5. The number of aromatic hydroxyl groups is 1. The molecule has 7 heteroatoms. The summed E-state index contributed by atoms with van der Waals surface area (Å²) >= 11 is 6.11. The lowest BCUT2D eigenvalue weighted by atomic mass is 9.96. The molecule has 3 rings (SSSR count). The zero-order chi connectivity index (χ0) is 17.3. The van der Waals surface area contributed by atoms with Crippen LogP contribution in [0.3, 0.4) is 0 Å². The lowest BCUT2D eigenvalue weighted by Crippen LogP contribution is -2.12. The first-order valence-electron chi connectivity index (χ1n) is 7.22. The van der Waals surface area contributed by atoms with Crippen LogP contribution in [0.25, 0.3) is 11.4 Å². The van der Waals surface area contributed by atoms with Crippen LogP contribution >= 0.6 is 11.6 Å². The summed E-state index contributed by atoms with van der Waals surface area (Å²) in [6, 6.07) is 9.37. The number of H-pyrrole nitrogens is 1. The van der Waals surface area contributed by atoms with Crippen molar-refractivity contribution in [2.75, 3.05) is 0 Å². The summed E-state index contributed by atoms with van der Waals surface area (Å²) < 4.78 is 0. The Balaban J connectivity index is 1.92. The monoisotopic (exact) mass is 342 g/mol. The highest BCUT2D eigenvalue weighted by atomic mass is 35.5. The van der Waals surface area contributed by atoms with E-state index in [2.05, 4.69) is 15.2 Å². The predicted molar refractivity (Wildman–Crippen MR) is 91.0 cm³/mol. The van der Waals surface area contributed by atoms with Crippen molar-refractivity contribution >= 4 is 17.5 Å². The normalized spacial score (nSPS) is 10.8. The summed E-state index contributed by atoms with van der Waals surface area (Å²) in [5.74, 6) is -0.288. The van der Waals surface area contributed by atoms with Crippen LogP contribution in [-0.2, 0) is 6.42 Å². The van der Waals surface area contributed by atoms with Gasteiger partial charge in [-0.25, -0.2) is 4.98 Å². The first kappa shape index (κ1) is 16.0. The third kappa shape index (κ3) is 2.96. The molecule has 0 spiro atoms. The highest BCUT2D eigenvalue weighted by molar-refractivity contribution is 6.33. The molecule has 4 N–H and O–H groups in total. The number of aromatic nitrogens is 3. The predicted octanol–water partition coefficient (Wildman–Crippen LogP) is 2.83.